The number of benzene rings is 3. The summed E-state index contributed by atoms with van der Waals surface area (Å²) in [7, 11) is 1.66. The van der Waals surface area contributed by atoms with E-state index in [-0.39, 0.29) is 5.91 Å². The van der Waals surface area contributed by atoms with Crippen molar-refractivity contribution in [2.75, 3.05) is 12.4 Å². The van der Waals surface area contributed by atoms with Crippen molar-refractivity contribution < 1.29 is 9.53 Å². The van der Waals surface area contributed by atoms with Crippen molar-refractivity contribution in [1.29, 1.82) is 0 Å². The summed E-state index contributed by atoms with van der Waals surface area (Å²) in [5, 5.41) is 4.08. The van der Waals surface area contributed by atoms with Gasteiger partial charge in [-0.25, -0.2) is 0 Å². The SMILES string of the molecule is COc1ccc(-c2ccc(CC(=O)Nc3ccc4nc(CN5[C@H](C)CCC[C@@H]5C)ccc4c3)cc2)cc1. The van der Waals surface area contributed by atoms with Crippen LogP contribution in [0.4, 0.5) is 5.69 Å². The molecule has 1 aliphatic heterocycles. The average molecular weight is 494 g/mol. The molecule has 1 aromatic heterocycles. The minimum absolute atomic E-state index is 0.0331. The Morgan fingerprint density at radius 1 is 0.919 bits per heavy atom. The number of likely N-dealkylation sites (tertiary alicyclic amines) is 1. The first-order valence-electron chi connectivity index (χ1n) is 13.2. The van der Waals surface area contributed by atoms with E-state index in [2.05, 4.69) is 48.3 Å². The van der Waals surface area contributed by atoms with Crippen molar-refractivity contribution in [3.8, 4) is 16.9 Å². The van der Waals surface area contributed by atoms with Crippen LogP contribution in [-0.4, -0.2) is 35.0 Å². The third-order valence-electron chi connectivity index (χ3n) is 7.49. The van der Waals surface area contributed by atoms with Crippen molar-refractivity contribution in [3.05, 3.63) is 90.1 Å². The predicted molar refractivity (Wildman–Crippen MR) is 151 cm³/mol. The van der Waals surface area contributed by atoms with Crippen LogP contribution >= 0.6 is 0 Å². The van der Waals surface area contributed by atoms with Crippen LogP contribution in [0.5, 0.6) is 5.75 Å². The number of nitrogens with zero attached hydrogens (tertiary/aromatic N) is 2. The second-order valence-electron chi connectivity index (χ2n) is 10.2. The molecule has 0 spiro atoms. The monoisotopic (exact) mass is 493 g/mol. The van der Waals surface area contributed by atoms with Gasteiger partial charge >= 0.3 is 0 Å². The van der Waals surface area contributed by atoms with E-state index in [4.69, 9.17) is 9.72 Å². The minimum Gasteiger partial charge on any atom is -0.497 e. The molecule has 1 N–H and O–H groups in total. The van der Waals surface area contributed by atoms with E-state index in [1.807, 2.05) is 54.6 Å². The van der Waals surface area contributed by atoms with Crippen LogP contribution in [0, 0.1) is 0 Å². The summed E-state index contributed by atoms with van der Waals surface area (Å²) in [5.74, 6) is 0.804. The number of fused-ring (bicyclic) bond motifs is 1. The Morgan fingerprint density at radius 2 is 1.59 bits per heavy atom. The first kappa shape index (κ1) is 25.0. The smallest absolute Gasteiger partial charge is 0.228 e. The largest absolute Gasteiger partial charge is 0.497 e. The summed E-state index contributed by atoms with van der Waals surface area (Å²) in [6.07, 6.45) is 4.15. The fourth-order valence-electron chi connectivity index (χ4n) is 5.30. The van der Waals surface area contributed by atoms with Gasteiger partial charge < -0.3 is 10.1 Å². The second-order valence-corrected chi connectivity index (χ2v) is 10.2. The lowest BCUT2D eigenvalue weighted by Gasteiger charge is -2.38. The molecule has 4 aromatic rings. The van der Waals surface area contributed by atoms with Crippen LogP contribution in [0.1, 0.15) is 44.4 Å². The van der Waals surface area contributed by atoms with Crippen LogP contribution in [0.15, 0.2) is 78.9 Å². The van der Waals surface area contributed by atoms with Gasteiger partial charge in [0.1, 0.15) is 5.75 Å². The molecule has 5 nitrogen and oxygen atoms in total. The summed E-state index contributed by atoms with van der Waals surface area (Å²) in [5.41, 5.74) is 6.05. The normalized spacial score (nSPS) is 18.0. The van der Waals surface area contributed by atoms with Gasteiger partial charge in [-0.1, -0.05) is 48.9 Å². The predicted octanol–water partition coefficient (Wildman–Crippen LogP) is 6.85. The number of pyridine rings is 1. The quantitative estimate of drug-likeness (QED) is 0.306. The third kappa shape index (κ3) is 6.00. The summed E-state index contributed by atoms with van der Waals surface area (Å²) in [4.78, 5) is 20.2. The Morgan fingerprint density at radius 3 is 2.27 bits per heavy atom. The fourth-order valence-corrected chi connectivity index (χ4v) is 5.30. The highest BCUT2D eigenvalue weighted by Gasteiger charge is 2.24. The Kier molecular flexibility index (Phi) is 7.52. The highest BCUT2D eigenvalue weighted by molar-refractivity contribution is 5.94. The number of aromatic nitrogens is 1. The van der Waals surface area contributed by atoms with Crippen molar-refractivity contribution in [2.24, 2.45) is 0 Å². The Balaban J connectivity index is 1.20. The molecule has 0 aliphatic carbocycles. The van der Waals surface area contributed by atoms with Gasteiger partial charge in [0.25, 0.3) is 0 Å². The van der Waals surface area contributed by atoms with Crippen LogP contribution in [-0.2, 0) is 17.8 Å². The van der Waals surface area contributed by atoms with Gasteiger partial charge in [0.05, 0.1) is 24.7 Å². The van der Waals surface area contributed by atoms with Crippen molar-refractivity contribution in [2.45, 2.75) is 58.2 Å². The maximum Gasteiger partial charge on any atom is 0.228 e. The third-order valence-corrected chi connectivity index (χ3v) is 7.49. The van der Waals surface area contributed by atoms with E-state index in [0.29, 0.717) is 18.5 Å². The van der Waals surface area contributed by atoms with Gasteiger partial charge in [0, 0.05) is 29.7 Å². The Hall–Kier alpha value is -3.70. The molecular formula is C32H35N3O2. The molecular weight excluding hydrogens is 458 g/mol. The molecule has 1 aliphatic rings. The zero-order valence-corrected chi connectivity index (χ0v) is 21.9. The molecule has 1 fully saturated rings. The molecule has 0 bridgehead atoms. The molecule has 37 heavy (non-hydrogen) atoms. The van der Waals surface area contributed by atoms with E-state index in [1.54, 1.807) is 7.11 Å². The highest BCUT2D eigenvalue weighted by atomic mass is 16.5. The molecule has 3 aromatic carbocycles. The van der Waals surface area contributed by atoms with E-state index in [9.17, 15) is 4.79 Å². The van der Waals surface area contributed by atoms with Gasteiger partial charge in [0.2, 0.25) is 5.91 Å². The minimum atomic E-state index is -0.0331. The number of carbonyl (C=O) groups excluding carboxylic acids is 1. The number of carbonyl (C=O) groups is 1. The van der Waals surface area contributed by atoms with E-state index in [1.165, 1.54) is 19.3 Å². The van der Waals surface area contributed by atoms with Crippen LogP contribution < -0.4 is 10.1 Å². The molecule has 1 saturated heterocycles. The number of amides is 1. The molecule has 0 unspecified atom stereocenters. The topological polar surface area (TPSA) is 54.5 Å². The maximum absolute atomic E-state index is 12.7. The number of rotatable bonds is 7. The first-order chi connectivity index (χ1) is 18.0. The van der Waals surface area contributed by atoms with E-state index in [0.717, 1.165) is 51.3 Å². The molecule has 2 atom stereocenters. The molecule has 0 saturated carbocycles. The fraction of sp³-hybridized carbons (Fsp3) is 0.312. The molecule has 190 valence electrons. The highest BCUT2D eigenvalue weighted by Crippen LogP contribution is 2.26. The number of anilines is 1. The van der Waals surface area contributed by atoms with Gasteiger partial charge in [0.15, 0.2) is 0 Å². The second kappa shape index (κ2) is 11.1. The van der Waals surface area contributed by atoms with Crippen LogP contribution in [0.2, 0.25) is 0 Å². The van der Waals surface area contributed by atoms with Gasteiger partial charge in [-0.2, -0.15) is 0 Å². The standard InChI is InChI=1S/C32H35N3O2/c1-22-5-4-6-23(2)35(22)21-29-14-11-27-20-28(15-18-31(27)33-29)34-32(36)19-24-7-9-25(10-8-24)26-12-16-30(37-3)17-13-26/h7-18,20,22-23H,4-6,19,21H2,1-3H3,(H,34,36)/t22-,23+. The number of ether oxygens (including phenoxy) is 1. The average Bonchev–Trinajstić information content (AvgIpc) is 2.91. The first-order valence-corrected chi connectivity index (χ1v) is 13.2. The number of hydrogen-bond donors (Lipinski definition) is 1. The molecule has 2 heterocycles. The zero-order valence-electron chi connectivity index (χ0n) is 21.9. The van der Waals surface area contributed by atoms with Crippen LogP contribution in [0.25, 0.3) is 22.0 Å². The van der Waals surface area contributed by atoms with Gasteiger partial charge in [-0.15, -0.1) is 0 Å². The van der Waals surface area contributed by atoms with Crippen molar-refractivity contribution >= 4 is 22.5 Å². The number of nitrogens with one attached hydrogen (secondary N) is 1. The van der Waals surface area contributed by atoms with E-state index >= 15 is 0 Å². The van der Waals surface area contributed by atoms with Crippen molar-refractivity contribution in [3.63, 3.8) is 0 Å². The molecule has 5 rings (SSSR count). The summed E-state index contributed by atoms with van der Waals surface area (Å²) >= 11 is 0. The van der Waals surface area contributed by atoms with Gasteiger partial charge in [-0.3, -0.25) is 14.7 Å². The summed E-state index contributed by atoms with van der Waals surface area (Å²) < 4.78 is 5.23. The lowest BCUT2D eigenvalue weighted by Crippen LogP contribution is -2.43. The number of methoxy groups -OCH3 is 1. The number of hydrogen-bond acceptors (Lipinski definition) is 4. The molecule has 0 radical (unpaired) electrons. The Labute approximate surface area is 219 Å². The van der Waals surface area contributed by atoms with Crippen molar-refractivity contribution in [1.82, 2.24) is 9.88 Å². The Bertz CT molecular complexity index is 1360. The lowest BCUT2D eigenvalue weighted by molar-refractivity contribution is -0.115. The number of piperidine rings is 1. The van der Waals surface area contributed by atoms with E-state index < -0.39 is 0 Å². The summed E-state index contributed by atoms with van der Waals surface area (Å²) in [6, 6.07) is 27.5. The lowest BCUT2D eigenvalue weighted by atomic mass is 9.97. The zero-order chi connectivity index (χ0) is 25.8. The van der Waals surface area contributed by atoms with Gasteiger partial charge in [-0.05, 0) is 79.8 Å². The molecule has 5 heteroatoms. The van der Waals surface area contributed by atoms with Crippen LogP contribution in [0.3, 0.4) is 0 Å². The summed E-state index contributed by atoms with van der Waals surface area (Å²) in [6.45, 7) is 5.52. The maximum atomic E-state index is 12.7. The molecule has 1 amide bonds.